The highest BCUT2D eigenvalue weighted by molar-refractivity contribution is 6.36. The molecular weight excluding hydrogens is 538 g/mol. The van der Waals surface area contributed by atoms with Crippen LogP contribution >= 0.6 is 11.6 Å². The molecule has 1 saturated carbocycles. The zero-order valence-electron chi connectivity index (χ0n) is 23.1. The van der Waals surface area contributed by atoms with Gasteiger partial charge in [0.2, 0.25) is 5.88 Å². The van der Waals surface area contributed by atoms with E-state index in [1.807, 2.05) is 62.4 Å². The third kappa shape index (κ3) is 5.56. The van der Waals surface area contributed by atoms with E-state index in [9.17, 15) is 5.11 Å². The number of pyridine rings is 1. The maximum absolute atomic E-state index is 10.1. The van der Waals surface area contributed by atoms with E-state index in [0.717, 1.165) is 46.3 Å². The summed E-state index contributed by atoms with van der Waals surface area (Å²) in [5.74, 6) is 1.73. The number of ether oxygens (including phenoxy) is 1. The van der Waals surface area contributed by atoms with Crippen molar-refractivity contribution in [2.24, 2.45) is 0 Å². The largest absolute Gasteiger partial charge is 0.480 e. The van der Waals surface area contributed by atoms with Crippen LogP contribution in [0.3, 0.4) is 0 Å². The van der Waals surface area contributed by atoms with Gasteiger partial charge >= 0.3 is 0 Å². The lowest BCUT2D eigenvalue weighted by Crippen LogP contribution is -2.28. The van der Waals surface area contributed by atoms with E-state index in [0.29, 0.717) is 52.5 Å². The molecule has 0 atom stereocenters. The molecule has 6 rings (SSSR count). The lowest BCUT2D eigenvalue weighted by atomic mass is 9.96. The first-order chi connectivity index (χ1) is 19.8. The minimum atomic E-state index is -0.585. The Labute approximate surface area is 243 Å². The second kappa shape index (κ2) is 11.0. The summed E-state index contributed by atoms with van der Waals surface area (Å²) in [5.41, 5.74) is 6.68. The number of hydrogen-bond donors (Lipinski definition) is 3. The number of aryl methyl sites for hydroxylation is 1. The summed E-state index contributed by atoms with van der Waals surface area (Å²) in [7, 11) is 1.57. The first kappa shape index (κ1) is 27.0. The number of aromatic nitrogens is 5. The Morgan fingerprint density at radius 3 is 2.54 bits per heavy atom. The highest BCUT2D eigenvalue weighted by Crippen LogP contribution is 2.40. The number of hydrogen-bond acceptors (Lipinski definition) is 9. The number of anilines is 2. The van der Waals surface area contributed by atoms with Crippen molar-refractivity contribution < 1.29 is 9.84 Å². The molecule has 3 N–H and O–H groups in total. The van der Waals surface area contributed by atoms with Gasteiger partial charge in [0.05, 0.1) is 35.1 Å². The Hall–Kier alpha value is -4.18. The minimum Gasteiger partial charge on any atom is -0.480 e. The molecule has 0 aliphatic heterocycles. The van der Waals surface area contributed by atoms with E-state index in [1.165, 1.54) is 0 Å². The Morgan fingerprint density at radius 1 is 0.951 bits per heavy atom. The average Bonchev–Trinajstić information content (AvgIpc) is 3.71. The smallest absolute Gasteiger partial charge is 0.237 e. The zero-order valence-corrected chi connectivity index (χ0v) is 23.8. The van der Waals surface area contributed by atoms with E-state index in [1.54, 1.807) is 19.5 Å². The van der Waals surface area contributed by atoms with Crippen molar-refractivity contribution in [1.29, 1.82) is 0 Å². The molecule has 0 bridgehead atoms. The van der Waals surface area contributed by atoms with Gasteiger partial charge in [0.15, 0.2) is 5.82 Å². The highest BCUT2D eigenvalue weighted by Gasteiger charge is 2.39. The molecule has 3 aromatic heterocycles. The van der Waals surface area contributed by atoms with Crippen LogP contribution in [0.2, 0.25) is 5.02 Å². The summed E-state index contributed by atoms with van der Waals surface area (Å²) in [5, 5.41) is 17.4. The molecule has 10 heteroatoms. The standard InChI is InChI=1S/C31H30ClN7O2/c1-18-20(7-5-10-23(18)38-29-28-24(11-6-14-34-28)36-19(2)37-29)21-8-4-9-22(27(21)32)25-16-35-26(30(39-25)41-3)15-33-17-31(40)12-13-31/h4-11,14,16,33,40H,12-13,15,17H2,1-3H3,(H,36,37,38). The van der Waals surface area contributed by atoms with Crippen molar-refractivity contribution in [3.8, 4) is 28.3 Å². The van der Waals surface area contributed by atoms with Crippen molar-refractivity contribution >= 4 is 34.1 Å². The van der Waals surface area contributed by atoms with Crippen molar-refractivity contribution in [2.45, 2.75) is 38.8 Å². The van der Waals surface area contributed by atoms with Gasteiger partial charge < -0.3 is 20.5 Å². The van der Waals surface area contributed by atoms with Crippen LogP contribution in [-0.4, -0.2) is 49.3 Å². The van der Waals surface area contributed by atoms with E-state index in [4.69, 9.17) is 21.3 Å². The van der Waals surface area contributed by atoms with E-state index >= 15 is 0 Å². The van der Waals surface area contributed by atoms with Gasteiger partial charge in [0.1, 0.15) is 17.0 Å². The van der Waals surface area contributed by atoms with Crippen LogP contribution in [-0.2, 0) is 6.54 Å². The van der Waals surface area contributed by atoms with Gasteiger partial charge in [-0.2, -0.15) is 0 Å². The predicted octanol–water partition coefficient (Wildman–Crippen LogP) is 5.79. The monoisotopic (exact) mass is 567 g/mol. The van der Waals surface area contributed by atoms with E-state index in [2.05, 4.69) is 30.6 Å². The van der Waals surface area contributed by atoms with Crippen molar-refractivity contribution in [2.75, 3.05) is 19.0 Å². The quantitative estimate of drug-likeness (QED) is 0.203. The summed E-state index contributed by atoms with van der Waals surface area (Å²) >= 11 is 7.04. The molecule has 3 heterocycles. The topological polar surface area (TPSA) is 118 Å². The molecule has 0 amide bonds. The normalized spacial score (nSPS) is 13.8. The van der Waals surface area contributed by atoms with Gasteiger partial charge in [-0.1, -0.05) is 41.9 Å². The van der Waals surface area contributed by atoms with Crippen molar-refractivity contribution in [3.63, 3.8) is 0 Å². The third-order valence-corrected chi connectivity index (χ3v) is 7.70. The summed E-state index contributed by atoms with van der Waals surface area (Å²) in [6.45, 7) is 4.88. The highest BCUT2D eigenvalue weighted by atomic mass is 35.5. The van der Waals surface area contributed by atoms with E-state index in [-0.39, 0.29) is 0 Å². The second-order valence-corrected chi connectivity index (χ2v) is 10.7. The summed E-state index contributed by atoms with van der Waals surface area (Å²) in [4.78, 5) is 22.9. The van der Waals surface area contributed by atoms with Gasteiger partial charge in [-0.25, -0.2) is 15.0 Å². The molecule has 0 saturated heterocycles. The third-order valence-electron chi connectivity index (χ3n) is 7.30. The molecule has 2 aromatic carbocycles. The molecule has 0 unspecified atom stereocenters. The SMILES string of the molecule is COc1nc(-c2cccc(-c3cccc(Nc4nc(C)nc5cccnc45)c3C)c2Cl)cnc1CNCC1(O)CC1. The van der Waals surface area contributed by atoms with Crippen LogP contribution in [0.1, 0.15) is 29.9 Å². The predicted molar refractivity (Wildman–Crippen MR) is 160 cm³/mol. The number of benzene rings is 2. The van der Waals surface area contributed by atoms with Gasteiger partial charge in [-0.3, -0.25) is 9.97 Å². The van der Waals surface area contributed by atoms with Gasteiger partial charge in [-0.15, -0.1) is 0 Å². The molecule has 1 fully saturated rings. The second-order valence-electron chi connectivity index (χ2n) is 10.3. The average molecular weight is 568 g/mol. The Kier molecular flexibility index (Phi) is 7.25. The lowest BCUT2D eigenvalue weighted by molar-refractivity contribution is 0.147. The summed E-state index contributed by atoms with van der Waals surface area (Å²) < 4.78 is 5.55. The van der Waals surface area contributed by atoms with Crippen LogP contribution in [0, 0.1) is 13.8 Å². The molecule has 5 aromatic rings. The molecule has 9 nitrogen and oxygen atoms in total. The molecule has 208 valence electrons. The number of methoxy groups -OCH3 is 1. The molecular formula is C31H30ClN7O2. The van der Waals surface area contributed by atoms with Crippen LogP contribution < -0.4 is 15.4 Å². The fourth-order valence-electron chi connectivity index (χ4n) is 4.85. The number of fused-ring (bicyclic) bond motifs is 1. The van der Waals surface area contributed by atoms with Crippen LogP contribution in [0.5, 0.6) is 5.88 Å². The zero-order chi connectivity index (χ0) is 28.6. The molecule has 0 spiro atoms. The molecule has 0 radical (unpaired) electrons. The van der Waals surface area contributed by atoms with Crippen molar-refractivity contribution in [3.05, 3.63) is 83.0 Å². The summed E-state index contributed by atoms with van der Waals surface area (Å²) in [6.07, 6.45) is 5.09. The van der Waals surface area contributed by atoms with Gasteiger partial charge in [-0.05, 0) is 56.0 Å². The van der Waals surface area contributed by atoms with E-state index < -0.39 is 5.60 Å². The van der Waals surface area contributed by atoms with Crippen LogP contribution in [0.15, 0.2) is 60.9 Å². The maximum atomic E-state index is 10.1. The number of nitrogens with zero attached hydrogens (tertiary/aromatic N) is 5. The number of aliphatic hydroxyl groups is 1. The molecule has 1 aliphatic carbocycles. The Morgan fingerprint density at radius 2 is 1.73 bits per heavy atom. The minimum absolute atomic E-state index is 0.419. The Bertz CT molecular complexity index is 1760. The molecule has 41 heavy (non-hydrogen) atoms. The molecule has 1 aliphatic rings. The fraction of sp³-hybridized carbons (Fsp3) is 0.258. The van der Waals surface area contributed by atoms with Crippen molar-refractivity contribution in [1.82, 2.24) is 30.2 Å². The number of rotatable bonds is 9. The lowest BCUT2D eigenvalue weighted by Gasteiger charge is -2.17. The van der Waals surface area contributed by atoms with Crippen LogP contribution in [0.25, 0.3) is 33.4 Å². The van der Waals surface area contributed by atoms with Gasteiger partial charge in [0.25, 0.3) is 0 Å². The first-order valence-electron chi connectivity index (χ1n) is 13.4. The number of halogens is 1. The van der Waals surface area contributed by atoms with Gasteiger partial charge in [0, 0.05) is 36.1 Å². The fourth-order valence-corrected chi connectivity index (χ4v) is 5.17. The van der Waals surface area contributed by atoms with Crippen LogP contribution in [0.4, 0.5) is 11.5 Å². The number of nitrogens with one attached hydrogen (secondary N) is 2. The first-order valence-corrected chi connectivity index (χ1v) is 13.8. The Balaban J connectivity index is 1.31. The maximum Gasteiger partial charge on any atom is 0.237 e. The summed E-state index contributed by atoms with van der Waals surface area (Å²) in [6, 6.07) is 15.7.